The third kappa shape index (κ3) is 3.74. The first-order chi connectivity index (χ1) is 12.3. The fourth-order valence-electron chi connectivity index (χ4n) is 3.10. The van der Waals surface area contributed by atoms with Gasteiger partial charge in [-0.3, -0.25) is 4.90 Å². The Balaban J connectivity index is 1.41. The second-order valence-corrected chi connectivity index (χ2v) is 6.34. The Morgan fingerprint density at radius 1 is 1.12 bits per heavy atom. The van der Waals surface area contributed by atoms with Crippen LogP contribution in [0.1, 0.15) is 41.3 Å². The highest BCUT2D eigenvalue weighted by Crippen LogP contribution is 2.18. The number of benzene rings is 1. The molecule has 0 saturated carbocycles. The van der Waals surface area contributed by atoms with E-state index in [1.54, 1.807) is 0 Å². The summed E-state index contributed by atoms with van der Waals surface area (Å²) in [6.07, 6.45) is 4.49. The molecule has 25 heavy (non-hydrogen) atoms. The molecule has 128 valence electrons. The zero-order valence-corrected chi connectivity index (χ0v) is 14.4. The van der Waals surface area contributed by atoms with Gasteiger partial charge in [0.05, 0.1) is 12.2 Å². The average molecular weight is 335 g/mol. The van der Waals surface area contributed by atoms with E-state index in [2.05, 4.69) is 44.1 Å². The summed E-state index contributed by atoms with van der Waals surface area (Å²) in [4.78, 5) is 15.9. The van der Waals surface area contributed by atoms with Crippen LogP contribution >= 0.6 is 0 Å². The maximum Gasteiger partial charge on any atom is 0.240 e. The van der Waals surface area contributed by atoms with Gasteiger partial charge < -0.3 is 4.52 Å². The minimum Gasteiger partial charge on any atom is -0.338 e. The minimum absolute atomic E-state index is 0.659. The van der Waals surface area contributed by atoms with Crippen LogP contribution < -0.4 is 0 Å². The Morgan fingerprint density at radius 2 is 2.00 bits per heavy atom. The third-order valence-electron chi connectivity index (χ3n) is 4.47. The van der Waals surface area contributed by atoms with E-state index < -0.39 is 0 Å². The predicted octanol–water partition coefficient (Wildman–Crippen LogP) is 2.57. The normalized spacial score (nSPS) is 14.4. The lowest BCUT2D eigenvalue weighted by Gasteiger charge is -2.26. The summed E-state index contributed by atoms with van der Waals surface area (Å²) in [6.45, 7) is 4.50. The van der Waals surface area contributed by atoms with Gasteiger partial charge in [-0.2, -0.15) is 4.98 Å². The van der Waals surface area contributed by atoms with Crippen LogP contribution in [-0.4, -0.2) is 31.6 Å². The number of fused-ring (bicyclic) bond motifs is 1. The molecule has 3 heterocycles. The second kappa shape index (κ2) is 7.11. The highest BCUT2D eigenvalue weighted by molar-refractivity contribution is 5.21. The molecule has 6 heteroatoms. The van der Waals surface area contributed by atoms with Gasteiger partial charge in [-0.15, -0.1) is 0 Å². The number of rotatable bonds is 5. The van der Waals surface area contributed by atoms with Crippen molar-refractivity contribution >= 4 is 0 Å². The van der Waals surface area contributed by atoms with Crippen molar-refractivity contribution < 1.29 is 4.52 Å². The monoisotopic (exact) mass is 335 g/mol. The fraction of sp³-hybridized carbons (Fsp3) is 0.368. The van der Waals surface area contributed by atoms with Crippen LogP contribution in [0.4, 0.5) is 0 Å². The van der Waals surface area contributed by atoms with Crippen LogP contribution in [0.5, 0.6) is 0 Å². The van der Waals surface area contributed by atoms with E-state index in [1.807, 2.05) is 24.4 Å². The average Bonchev–Trinajstić information content (AvgIpc) is 3.08. The SMILES string of the molecule is CCc1ncc2c(n1)CN(Cc1nc(Cc3ccccc3)no1)CC2. The molecule has 0 atom stereocenters. The van der Waals surface area contributed by atoms with E-state index in [4.69, 9.17) is 4.52 Å². The van der Waals surface area contributed by atoms with Crippen molar-refractivity contribution in [1.29, 1.82) is 0 Å². The first kappa shape index (κ1) is 15.9. The molecule has 6 nitrogen and oxygen atoms in total. The van der Waals surface area contributed by atoms with Crippen LogP contribution in [0.15, 0.2) is 41.1 Å². The van der Waals surface area contributed by atoms with Crippen LogP contribution in [0.3, 0.4) is 0 Å². The molecule has 3 aromatic rings. The Hall–Kier alpha value is -2.60. The molecular weight excluding hydrogens is 314 g/mol. The summed E-state index contributed by atoms with van der Waals surface area (Å²) in [5.74, 6) is 2.30. The summed E-state index contributed by atoms with van der Waals surface area (Å²) < 4.78 is 5.44. The molecule has 0 fully saturated rings. The lowest BCUT2D eigenvalue weighted by Crippen LogP contribution is -2.31. The van der Waals surface area contributed by atoms with Gasteiger partial charge in [0.2, 0.25) is 5.89 Å². The van der Waals surface area contributed by atoms with E-state index in [-0.39, 0.29) is 0 Å². The topological polar surface area (TPSA) is 67.9 Å². The number of aromatic nitrogens is 4. The van der Waals surface area contributed by atoms with Crippen molar-refractivity contribution in [3.63, 3.8) is 0 Å². The van der Waals surface area contributed by atoms with E-state index in [1.165, 1.54) is 11.1 Å². The van der Waals surface area contributed by atoms with Gasteiger partial charge in [0.15, 0.2) is 5.82 Å². The smallest absolute Gasteiger partial charge is 0.240 e. The van der Waals surface area contributed by atoms with E-state index in [0.29, 0.717) is 18.9 Å². The van der Waals surface area contributed by atoms with Crippen LogP contribution in [0.25, 0.3) is 0 Å². The van der Waals surface area contributed by atoms with Crippen molar-refractivity contribution in [2.45, 2.75) is 39.3 Å². The summed E-state index contributed by atoms with van der Waals surface area (Å²) in [7, 11) is 0. The molecule has 0 unspecified atom stereocenters. The molecule has 0 radical (unpaired) electrons. The van der Waals surface area contributed by atoms with E-state index in [0.717, 1.165) is 43.3 Å². The molecule has 4 rings (SSSR count). The lowest BCUT2D eigenvalue weighted by atomic mass is 10.1. The van der Waals surface area contributed by atoms with E-state index in [9.17, 15) is 0 Å². The standard InChI is InChI=1S/C19H21N5O/c1-2-17-20-11-15-8-9-24(12-16(15)21-17)13-19-22-18(23-25-19)10-14-6-4-3-5-7-14/h3-7,11H,2,8-10,12-13H2,1H3. The number of aryl methyl sites for hydroxylation is 1. The number of hydrogen-bond acceptors (Lipinski definition) is 6. The number of nitrogens with zero attached hydrogens (tertiary/aromatic N) is 5. The van der Waals surface area contributed by atoms with Crippen LogP contribution in [0.2, 0.25) is 0 Å². The third-order valence-corrected chi connectivity index (χ3v) is 4.47. The molecule has 0 amide bonds. The summed E-state index contributed by atoms with van der Waals surface area (Å²) in [5, 5.41) is 4.11. The van der Waals surface area contributed by atoms with E-state index >= 15 is 0 Å². The van der Waals surface area contributed by atoms with Gasteiger partial charge in [-0.25, -0.2) is 9.97 Å². The lowest BCUT2D eigenvalue weighted by molar-refractivity contribution is 0.207. The van der Waals surface area contributed by atoms with Crippen molar-refractivity contribution in [3.8, 4) is 0 Å². The van der Waals surface area contributed by atoms with Gasteiger partial charge in [0.25, 0.3) is 0 Å². The minimum atomic E-state index is 0.659. The maximum atomic E-state index is 5.44. The highest BCUT2D eigenvalue weighted by Gasteiger charge is 2.20. The Kier molecular flexibility index (Phi) is 4.52. The first-order valence-electron chi connectivity index (χ1n) is 8.71. The van der Waals surface area contributed by atoms with Gasteiger partial charge in [-0.05, 0) is 17.5 Å². The second-order valence-electron chi connectivity index (χ2n) is 6.34. The molecular formula is C19H21N5O. The fourth-order valence-corrected chi connectivity index (χ4v) is 3.10. The molecule has 0 N–H and O–H groups in total. The van der Waals surface area contributed by atoms with Gasteiger partial charge >= 0.3 is 0 Å². The maximum absolute atomic E-state index is 5.44. The van der Waals surface area contributed by atoms with Crippen LogP contribution in [-0.2, 0) is 32.4 Å². The predicted molar refractivity (Wildman–Crippen MR) is 92.8 cm³/mol. The molecule has 0 spiro atoms. The van der Waals surface area contributed by atoms with Gasteiger partial charge in [0, 0.05) is 32.1 Å². The van der Waals surface area contributed by atoms with Crippen molar-refractivity contribution in [3.05, 3.63) is 70.9 Å². The zero-order valence-electron chi connectivity index (χ0n) is 14.4. The largest absolute Gasteiger partial charge is 0.338 e. The molecule has 1 aromatic carbocycles. The van der Waals surface area contributed by atoms with Crippen molar-refractivity contribution in [2.75, 3.05) is 6.54 Å². The zero-order chi connectivity index (χ0) is 17.1. The Bertz CT molecular complexity index is 846. The quantitative estimate of drug-likeness (QED) is 0.714. The Labute approximate surface area is 146 Å². The molecule has 1 aliphatic heterocycles. The van der Waals surface area contributed by atoms with Gasteiger partial charge in [0.1, 0.15) is 5.82 Å². The molecule has 1 aliphatic rings. The Morgan fingerprint density at radius 3 is 2.84 bits per heavy atom. The molecule has 0 aliphatic carbocycles. The summed E-state index contributed by atoms with van der Waals surface area (Å²) in [5.41, 5.74) is 3.57. The highest BCUT2D eigenvalue weighted by atomic mass is 16.5. The molecule has 2 aromatic heterocycles. The van der Waals surface area contributed by atoms with Gasteiger partial charge in [-0.1, -0.05) is 42.4 Å². The number of hydrogen-bond donors (Lipinski definition) is 0. The molecule has 0 bridgehead atoms. The molecule has 0 saturated heterocycles. The van der Waals surface area contributed by atoms with Crippen molar-refractivity contribution in [1.82, 2.24) is 25.0 Å². The summed E-state index contributed by atoms with van der Waals surface area (Å²) >= 11 is 0. The summed E-state index contributed by atoms with van der Waals surface area (Å²) in [6, 6.07) is 10.2. The van der Waals surface area contributed by atoms with Crippen LogP contribution in [0, 0.1) is 0 Å². The van der Waals surface area contributed by atoms with Crippen molar-refractivity contribution in [2.24, 2.45) is 0 Å². The first-order valence-corrected chi connectivity index (χ1v) is 8.71.